The molecule has 2 amide bonds. The van der Waals surface area contributed by atoms with Crippen molar-refractivity contribution in [3.63, 3.8) is 0 Å². The number of hydrogen-bond donors (Lipinski definition) is 2. The van der Waals surface area contributed by atoms with Crippen LogP contribution in [-0.2, 0) is 9.59 Å². The number of nitrogens with zero attached hydrogens (tertiary/aromatic N) is 2. The van der Waals surface area contributed by atoms with Crippen LogP contribution >= 0.6 is 0 Å². The van der Waals surface area contributed by atoms with Gasteiger partial charge in [-0.2, -0.15) is 0 Å². The molecule has 1 unspecified atom stereocenters. The molecule has 2 rings (SSSR count). The second kappa shape index (κ2) is 5.81. The Hall–Kier alpha value is -1.95. The maximum atomic E-state index is 12.0. The first-order valence-electron chi connectivity index (χ1n) is 7.15. The van der Waals surface area contributed by atoms with Gasteiger partial charge in [0.2, 0.25) is 5.91 Å². The number of piperazine rings is 1. The van der Waals surface area contributed by atoms with E-state index in [1.54, 1.807) is 24.9 Å². The summed E-state index contributed by atoms with van der Waals surface area (Å²) in [7, 11) is 1.90. The lowest BCUT2D eigenvalue weighted by Crippen LogP contribution is -2.64. The molecule has 0 radical (unpaired) electrons. The van der Waals surface area contributed by atoms with Crippen LogP contribution in [0.15, 0.2) is 18.3 Å². The van der Waals surface area contributed by atoms with Crippen molar-refractivity contribution in [1.82, 2.24) is 15.6 Å². The summed E-state index contributed by atoms with van der Waals surface area (Å²) in [5, 5.41) is 5.57. The van der Waals surface area contributed by atoms with Crippen LogP contribution in [-0.4, -0.2) is 35.9 Å². The Bertz CT molecular complexity index is 535. The van der Waals surface area contributed by atoms with Gasteiger partial charge in [0.05, 0.1) is 24.1 Å². The molecule has 0 spiro atoms. The van der Waals surface area contributed by atoms with Crippen LogP contribution in [0.3, 0.4) is 0 Å². The number of aromatic nitrogens is 1. The normalized spacial score (nSPS) is 19.3. The van der Waals surface area contributed by atoms with E-state index in [0.717, 1.165) is 17.8 Å². The molecule has 0 bridgehead atoms. The summed E-state index contributed by atoms with van der Waals surface area (Å²) in [4.78, 5) is 29.8. The van der Waals surface area contributed by atoms with Gasteiger partial charge in [-0.25, -0.2) is 0 Å². The first-order valence-corrected chi connectivity index (χ1v) is 7.15. The highest BCUT2D eigenvalue weighted by atomic mass is 16.2. The highest BCUT2D eigenvalue weighted by Gasteiger charge is 2.41. The number of carbonyl (C=O) groups is 2. The lowest BCUT2D eigenvalue weighted by Gasteiger charge is -2.41. The van der Waals surface area contributed by atoms with Gasteiger partial charge in [0.25, 0.3) is 5.91 Å². The molecule has 1 atom stereocenters. The van der Waals surface area contributed by atoms with E-state index in [9.17, 15) is 9.59 Å². The number of pyridine rings is 1. The molecule has 6 nitrogen and oxygen atoms in total. The first-order chi connectivity index (χ1) is 9.90. The number of amides is 2. The van der Waals surface area contributed by atoms with Crippen molar-refractivity contribution in [2.45, 2.75) is 38.8 Å². The van der Waals surface area contributed by atoms with E-state index in [2.05, 4.69) is 22.5 Å². The Morgan fingerprint density at radius 3 is 2.67 bits per heavy atom. The van der Waals surface area contributed by atoms with Crippen molar-refractivity contribution in [2.75, 3.05) is 18.5 Å². The molecule has 1 aromatic heterocycles. The van der Waals surface area contributed by atoms with Gasteiger partial charge in [0, 0.05) is 6.04 Å². The van der Waals surface area contributed by atoms with E-state index in [-0.39, 0.29) is 24.4 Å². The number of carbonyl (C=O) groups excluding carboxylic acids is 2. The molecule has 0 saturated carbocycles. The minimum atomic E-state index is -0.774. The van der Waals surface area contributed by atoms with Crippen LogP contribution in [0, 0.1) is 0 Å². The summed E-state index contributed by atoms with van der Waals surface area (Å²) in [5.74, 6) is -0.574. The van der Waals surface area contributed by atoms with Gasteiger partial charge < -0.3 is 10.2 Å². The van der Waals surface area contributed by atoms with Gasteiger partial charge in [0.15, 0.2) is 0 Å². The largest absolute Gasteiger partial charge is 0.347 e. The molecule has 1 saturated heterocycles. The topological polar surface area (TPSA) is 74.3 Å². The van der Waals surface area contributed by atoms with Crippen LogP contribution in [0.5, 0.6) is 0 Å². The van der Waals surface area contributed by atoms with Gasteiger partial charge in [-0.05, 0) is 39.4 Å². The summed E-state index contributed by atoms with van der Waals surface area (Å²) in [6.07, 6.45) is 2.67. The molecule has 21 heavy (non-hydrogen) atoms. The monoisotopic (exact) mass is 290 g/mol. The summed E-state index contributed by atoms with van der Waals surface area (Å²) >= 11 is 0. The quantitative estimate of drug-likeness (QED) is 0.809. The molecule has 1 fully saturated rings. The Labute approximate surface area is 124 Å². The fraction of sp³-hybridized carbons (Fsp3) is 0.533. The summed E-state index contributed by atoms with van der Waals surface area (Å²) in [6, 6.07) is 4.06. The van der Waals surface area contributed by atoms with Crippen LogP contribution < -0.4 is 15.5 Å². The first kappa shape index (κ1) is 15.4. The smallest absolute Gasteiger partial charge is 0.251 e. The van der Waals surface area contributed by atoms with E-state index in [1.807, 2.05) is 19.2 Å². The van der Waals surface area contributed by atoms with Crippen LogP contribution in [0.4, 0.5) is 5.69 Å². The zero-order valence-electron chi connectivity index (χ0n) is 12.9. The zero-order valence-corrected chi connectivity index (χ0v) is 12.9. The van der Waals surface area contributed by atoms with Crippen LogP contribution in [0.1, 0.15) is 38.9 Å². The lowest BCUT2D eigenvalue weighted by atomic mass is 9.98. The molecule has 2 heterocycles. The van der Waals surface area contributed by atoms with E-state index < -0.39 is 5.54 Å². The molecule has 114 valence electrons. The number of hydrogen-bond acceptors (Lipinski definition) is 5. The Kier molecular flexibility index (Phi) is 4.27. The maximum Gasteiger partial charge on any atom is 0.251 e. The SMILES string of the molecule is CCC(NC)c1ccc(N2CC(=O)NC(=O)C2(C)C)cn1. The molecule has 2 N–H and O–H groups in total. The molecule has 1 aliphatic heterocycles. The zero-order chi connectivity index (χ0) is 15.6. The fourth-order valence-corrected chi connectivity index (χ4v) is 2.52. The lowest BCUT2D eigenvalue weighted by molar-refractivity contribution is -0.135. The van der Waals surface area contributed by atoms with Crippen molar-refractivity contribution in [1.29, 1.82) is 0 Å². The van der Waals surface area contributed by atoms with Crippen LogP contribution in [0.25, 0.3) is 0 Å². The Morgan fingerprint density at radius 2 is 2.14 bits per heavy atom. The molecule has 0 aliphatic carbocycles. The van der Waals surface area contributed by atoms with Gasteiger partial charge in [-0.15, -0.1) is 0 Å². The van der Waals surface area contributed by atoms with Gasteiger partial charge in [0.1, 0.15) is 5.54 Å². The summed E-state index contributed by atoms with van der Waals surface area (Å²) in [5.41, 5.74) is 0.955. The Balaban J connectivity index is 2.28. The maximum absolute atomic E-state index is 12.0. The predicted octanol–water partition coefficient (Wildman–Crippen LogP) is 0.993. The molecule has 0 aromatic carbocycles. The van der Waals surface area contributed by atoms with E-state index in [1.165, 1.54) is 0 Å². The fourth-order valence-electron chi connectivity index (χ4n) is 2.52. The second-order valence-corrected chi connectivity index (χ2v) is 5.71. The average Bonchev–Trinajstić information content (AvgIpc) is 2.45. The van der Waals surface area contributed by atoms with Crippen molar-refractivity contribution in [3.8, 4) is 0 Å². The van der Waals surface area contributed by atoms with E-state index >= 15 is 0 Å². The van der Waals surface area contributed by atoms with Crippen molar-refractivity contribution in [2.24, 2.45) is 0 Å². The Morgan fingerprint density at radius 1 is 1.43 bits per heavy atom. The van der Waals surface area contributed by atoms with Crippen molar-refractivity contribution in [3.05, 3.63) is 24.0 Å². The molecule has 1 aromatic rings. The minimum absolute atomic E-state index is 0.156. The summed E-state index contributed by atoms with van der Waals surface area (Å²) in [6.45, 7) is 5.84. The van der Waals surface area contributed by atoms with Gasteiger partial charge >= 0.3 is 0 Å². The van der Waals surface area contributed by atoms with Gasteiger partial charge in [-0.1, -0.05) is 6.92 Å². The molecule has 6 heteroatoms. The van der Waals surface area contributed by atoms with Crippen molar-refractivity contribution < 1.29 is 9.59 Å². The molecular weight excluding hydrogens is 268 g/mol. The molecule has 1 aliphatic rings. The highest BCUT2D eigenvalue weighted by Crippen LogP contribution is 2.26. The van der Waals surface area contributed by atoms with Crippen molar-refractivity contribution >= 4 is 17.5 Å². The third-order valence-electron chi connectivity index (χ3n) is 3.98. The number of anilines is 1. The molecular formula is C15H22N4O2. The van der Waals surface area contributed by atoms with Gasteiger partial charge in [-0.3, -0.25) is 19.9 Å². The summed E-state index contributed by atoms with van der Waals surface area (Å²) < 4.78 is 0. The number of imide groups is 1. The highest BCUT2D eigenvalue weighted by molar-refractivity contribution is 6.06. The van der Waals surface area contributed by atoms with E-state index in [0.29, 0.717) is 0 Å². The number of nitrogens with one attached hydrogen (secondary N) is 2. The minimum Gasteiger partial charge on any atom is -0.347 e. The average molecular weight is 290 g/mol. The third kappa shape index (κ3) is 2.90. The predicted molar refractivity (Wildman–Crippen MR) is 80.9 cm³/mol. The third-order valence-corrected chi connectivity index (χ3v) is 3.98. The second-order valence-electron chi connectivity index (χ2n) is 5.71. The van der Waals surface area contributed by atoms with E-state index in [4.69, 9.17) is 0 Å². The van der Waals surface area contributed by atoms with Crippen LogP contribution in [0.2, 0.25) is 0 Å². The number of rotatable bonds is 4. The standard InChI is InChI=1S/C15H22N4O2/c1-5-11(16-4)12-7-6-10(8-17-12)19-9-13(20)18-14(21)15(19,2)3/h6-8,11,16H,5,9H2,1-4H3,(H,18,20,21).